The number of aromatic nitrogens is 2. The first-order valence-corrected chi connectivity index (χ1v) is 5.38. The Morgan fingerprint density at radius 2 is 2.27 bits per heavy atom. The Bertz CT molecular complexity index is 321. The van der Waals surface area contributed by atoms with Gasteiger partial charge in [0.05, 0.1) is 0 Å². The minimum atomic E-state index is 0.382. The fourth-order valence-corrected chi connectivity index (χ4v) is 1.12. The van der Waals surface area contributed by atoms with Crippen LogP contribution in [0.5, 0.6) is 0 Å². The third-order valence-corrected chi connectivity index (χ3v) is 2.09. The summed E-state index contributed by atoms with van der Waals surface area (Å²) in [5, 5.41) is 12.1. The summed E-state index contributed by atoms with van der Waals surface area (Å²) in [7, 11) is 0. The third-order valence-electron chi connectivity index (χ3n) is 1.89. The predicted octanol–water partition coefficient (Wildman–Crippen LogP) is 3.11. The van der Waals surface area contributed by atoms with Crippen molar-refractivity contribution in [3.63, 3.8) is 0 Å². The lowest BCUT2D eigenvalue weighted by Crippen LogP contribution is -1.99. The molecule has 0 bridgehead atoms. The molecule has 0 aliphatic rings. The third kappa shape index (κ3) is 4.74. The molecule has 1 aromatic rings. The van der Waals surface area contributed by atoms with E-state index in [0.717, 1.165) is 18.6 Å². The molecule has 0 fully saturated rings. The fourth-order valence-electron chi connectivity index (χ4n) is 1.02. The summed E-state index contributed by atoms with van der Waals surface area (Å²) in [5.41, 5.74) is 3.90. The lowest BCUT2D eigenvalue weighted by Gasteiger charge is -2.01. The summed E-state index contributed by atoms with van der Waals surface area (Å²) in [4.78, 5) is 0. The summed E-state index contributed by atoms with van der Waals surface area (Å²) in [5.74, 6) is 0.607. The highest BCUT2D eigenvalue weighted by Crippen LogP contribution is 2.06. The first-order valence-electron chi connectivity index (χ1n) is 5.00. The summed E-state index contributed by atoms with van der Waals surface area (Å²) in [6.45, 7) is 4.15. The Labute approximate surface area is 94.7 Å². The zero-order valence-corrected chi connectivity index (χ0v) is 9.75. The van der Waals surface area contributed by atoms with Crippen LogP contribution in [0.25, 0.3) is 0 Å². The van der Waals surface area contributed by atoms with Crippen LogP contribution in [0.2, 0.25) is 5.15 Å². The average molecular weight is 227 g/mol. The standard InChI is InChI=1S/C10H15ClN4/c1-3-4-5-8(2)12-14-10-7-6-9(11)13-15-10/h6-7H,3-5H2,1-2H3,(H,14,15). The molecule has 1 rings (SSSR count). The number of nitrogens with one attached hydrogen (secondary N) is 1. The van der Waals surface area contributed by atoms with Gasteiger partial charge in [0.1, 0.15) is 0 Å². The van der Waals surface area contributed by atoms with Crippen molar-refractivity contribution in [2.24, 2.45) is 5.10 Å². The molecule has 0 unspecified atom stereocenters. The molecular weight excluding hydrogens is 212 g/mol. The van der Waals surface area contributed by atoms with Gasteiger partial charge in [-0.05, 0) is 31.9 Å². The molecule has 0 atom stereocenters. The number of unbranched alkanes of at least 4 members (excludes halogenated alkanes) is 1. The van der Waals surface area contributed by atoms with Crippen molar-refractivity contribution in [2.75, 3.05) is 5.43 Å². The molecule has 0 aromatic carbocycles. The zero-order chi connectivity index (χ0) is 11.1. The molecule has 0 saturated carbocycles. The first kappa shape index (κ1) is 11.9. The van der Waals surface area contributed by atoms with E-state index >= 15 is 0 Å². The number of anilines is 1. The molecule has 0 amide bonds. The van der Waals surface area contributed by atoms with Gasteiger partial charge in [0.25, 0.3) is 0 Å². The van der Waals surface area contributed by atoms with Crippen molar-refractivity contribution in [1.82, 2.24) is 10.2 Å². The average Bonchev–Trinajstić information content (AvgIpc) is 2.25. The number of hydrogen-bond donors (Lipinski definition) is 1. The van der Waals surface area contributed by atoms with E-state index in [1.54, 1.807) is 12.1 Å². The van der Waals surface area contributed by atoms with Crippen LogP contribution in [-0.2, 0) is 0 Å². The maximum absolute atomic E-state index is 5.61. The molecule has 0 aliphatic carbocycles. The highest BCUT2D eigenvalue weighted by atomic mass is 35.5. The van der Waals surface area contributed by atoms with Gasteiger partial charge in [-0.15, -0.1) is 10.2 Å². The fraction of sp³-hybridized carbons (Fsp3) is 0.500. The van der Waals surface area contributed by atoms with E-state index in [4.69, 9.17) is 11.6 Å². The maximum atomic E-state index is 5.61. The van der Waals surface area contributed by atoms with Crippen LogP contribution >= 0.6 is 11.6 Å². The zero-order valence-electron chi connectivity index (χ0n) is 9.00. The molecule has 0 aliphatic heterocycles. The smallest absolute Gasteiger partial charge is 0.168 e. The van der Waals surface area contributed by atoms with Gasteiger partial charge < -0.3 is 0 Å². The van der Waals surface area contributed by atoms with E-state index in [-0.39, 0.29) is 0 Å². The van der Waals surface area contributed by atoms with Crippen LogP contribution in [0, 0.1) is 0 Å². The molecular formula is C10H15ClN4. The molecule has 1 aromatic heterocycles. The Morgan fingerprint density at radius 1 is 1.47 bits per heavy atom. The van der Waals surface area contributed by atoms with Crippen molar-refractivity contribution < 1.29 is 0 Å². The lowest BCUT2D eigenvalue weighted by atomic mass is 10.2. The van der Waals surface area contributed by atoms with Crippen LogP contribution in [-0.4, -0.2) is 15.9 Å². The molecule has 4 nitrogen and oxygen atoms in total. The lowest BCUT2D eigenvalue weighted by molar-refractivity contribution is 0.831. The topological polar surface area (TPSA) is 50.2 Å². The summed E-state index contributed by atoms with van der Waals surface area (Å²) < 4.78 is 0. The molecule has 1 N–H and O–H groups in total. The van der Waals surface area contributed by atoms with Gasteiger partial charge in [0, 0.05) is 5.71 Å². The Kier molecular flexibility index (Phi) is 5.04. The Hall–Kier alpha value is -1.16. The van der Waals surface area contributed by atoms with E-state index in [0.29, 0.717) is 11.0 Å². The van der Waals surface area contributed by atoms with Gasteiger partial charge in [-0.2, -0.15) is 5.10 Å². The van der Waals surface area contributed by atoms with Gasteiger partial charge in [0.15, 0.2) is 11.0 Å². The molecule has 5 heteroatoms. The highest BCUT2D eigenvalue weighted by molar-refractivity contribution is 6.29. The molecule has 15 heavy (non-hydrogen) atoms. The minimum Gasteiger partial charge on any atom is -0.260 e. The van der Waals surface area contributed by atoms with Gasteiger partial charge in [-0.25, -0.2) is 0 Å². The number of halogens is 1. The second-order valence-electron chi connectivity index (χ2n) is 3.30. The minimum absolute atomic E-state index is 0.382. The van der Waals surface area contributed by atoms with Gasteiger partial charge in [0.2, 0.25) is 0 Å². The molecule has 0 spiro atoms. The second kappa shape index (κ2) is 6.35. The Morgan fingerprint density at radius 3 is 2.87 bits per heavy atom. The number of nitrogens with zero attached hydrogens (tertiary/aromatic N) is 3. The normalized spacial score (nSPS) is 11.5. The van der Waals surface area contributed by atoms with Crippen molar-refractivity contribution >= 4 is 23.1 Å². The van der Waals surface area contributed by atoms with Crippen LogP contribution in [0.4, 0.5) is 5.82 Å². The van der Waals surface area contributed by atoms with Crippen molar-refractivity contribution in [3.8, 4) is 0 Å². The van der Waals surface area contributed by atoms with E-state index in [1.807, 2.05) is 6.92 Å². The van der Waals surface area contributed by atoms with Crippen molar-refractivity contribution in [3.05, 3.63) is 17.3 Å². The van der Waals surface area contributed by atoms with Crippen LogP contribution in [0.15, 0.2) is 17.2 Å². The van der Waals surface area contributed by atoms with E-state index in [2.05, 4.69) is 27.6 Å². The summed E-state index contributed by atoms with van der Waals surface area (Å²) in [6, 6.07) is 3.42. The van der Waals surface area contributed by atoms with Crippen LogP contribution in [0.1, 0.15) is 33.1 Å². The van der Waals surface area contributed by atoms with E-state index in [1.165, 1.54) is 6.42 Å². The molecule has 1 heterocycles. The molecule has 82 valence electrons. The van der Waals surface area contributed by atoms with Crippen molar-refractivity contribution in [2.45, 2.75) is 33.1 Å². The largest absolute Gasteiger partial charge is 0.260 e. The van der Waals surface area contributed by atoms with Gasteiger partial charge >= 0.3 is 0 Å². The first-order chi connectivity index (χ1) is 7.22. The maximum Gasteiger partial charge on any atom is 0.168 e. The highest BCUT2D eigenvalue weighted by Gasteiger charge is 1.94. The SMILES string of the molecule is CCCCC(C)=NNc1ccc(Cl)nn1. The van der Waals surface area contributed by atoms with Crippen LogP contribution < -0.4 is 5.43 Å². The Balaban J connectivity index is 2.45. The summed E-state index contributed by atoms with van der Waals surface area (Å²) in [6.07, 6.45) is 3.33. The summed E-state index contributed by atoms with van der Waals surface area (Å²) >= 11 is 5.61. The predicted molar refractivity (Wildman–Crippen MR) is 63.3 cm³/mol. The van der Waals surface area contributed by atoms with E-state index < -0.39 is 0 Å². The number of hydrogen-bond acceptors (Lipinski definition) is 4. The molecule has 0 saturated heterocycles. The monoisotopic (exact) mass is 226 g/mol. The quantitative estimate of drug-likeness (QED) is 0.620. The number of hydrazone groups is 1. The van der Waals surface area contributed by atoms with Crippen LogP contribution in [0.3, 0.4) is 0 Å². The molecule has 0 radical (unpaired) electrons. The van der Waals surface area contributed by atoms with Gasteiger partial charge in [-0.1, -0.05) is 24.9 Å². The van der Waals surface area contributed by atoms with Crippen molar-refractivity contribution in [1.29, 1.82) is 0 Å². The van der Waals surface area contributed by atoms with Gasteiger partial charge in [-0.3, -0.25) is 5.43 Å². The second-order valence-corrected chi connectivity index (χ2v) is 3.69. The number of rotatable bonds is 5. The van der Waals surface area contributed by atoms with E-state index in [9.17, 15) is 0 Å².